The van der Waals surface area contributed by atoms with Crippen LogP contribution in [-0.4, -0.2) is 23.0 Å². The average Bonchev–Trinajstić information content (AvgIpc) is 3.20. The number of nitrogens with one attached hydrogen (secondary N) is 1. The average molecular weight is 311 g/mol. The molecule has 120 valence electrons. The van der Waals surface area contributed by atoms with E-state index in [1.54, 1.807) is 0 Å². The van der Waals surface area contributed by atoms with Crippen LogP contribution < -0.4 is 5.32 Å². The molecule has 2 rings (SSSR count). The van der Waals surface area contributed by atoms with Crippen LogP contribution in [0.4, 0.5) is 8.78 Å². The zero-order valence-electron chi connectivity index (χ0n) is 12.5. The van der Waals surface area contributed by atoms with Crippen molar-refractivity contribution < 1.29 is 23.5 Å². The molecule has 1 amide bonds. The molecule has 1 aromatic carbocycles. The summed E-state index contributed by atoms with van der Waals surface area (Å²) in [5, 5.41) is 11.6. The number of hydrogen-bond acceptors (Lipinski definition) is 2. The second-order valence-corrected chi connectivity index (χ2v) is 6.12. The van der Waals surface area contributed by atoms with E-state index in [0.717, 1.165) is 6.07 Å². The number of rotatable bonds is 6. The highest BCUT2D eigenvalue weighted by Gasteiger charge is 2.46. The molecule has 1 fully saturated rings. The minimum atomic E-state index is -1.09. The number of amides is 1. The second-order valence-electron chi connectivity index (χ2n) is 6.12. The minimum absolute atomic E-state index is 0.122. The van der Waals surface area contributed by atoms with Gasteiger partial charge in [-0.25, -0.2) is 13.6 Å². The van der Waals surface area contributed by atoms with E-state index in [9.17, 15) is 18.4 Å². The fourth-order valence-electron chi connectivity index (χ4n) is 2.61. The van der Waals surface area contributed by atoms with Gasteiger partial charge >= 0.3 is 5.97 Å². The summed E-state index contributed by atoms with van der Waals surface area (Å²) in [6.45, 7) is 3.73. The molecule has 2 N–H and O–H groups in total. The van der Waals surface area contributed by atoms with Crippen molar-refractivity contribution in [3.05, 3.63) is 35.4 Å². The van der Waals surface area contributed by atoms with Crippen molar-refractivity contribution in [1.29, 1.82) is 0 Å². The molecule has 0 spiro atoms. The van der Waals surface area contributed by atoms with Crippen molar-refractivity contribution in [1.82, 2.24) is 5.32 Å². The van der Waals surface area contributed by atoms with E-state index in [1.165, 1.54) is 12.1 Å². The summed E-state index contributed by atoms with van der Waals surface area (Å²) in [4.78, 5) is 23.2. The van der Waals surface area contributed by atoms with E-state index >= 15 is 0 Å². The van der Waals surface area contributed by atoms with Gasteiger partial charge in [-0.05, 0) is 36.3 Å². The molecule has 1 saturated carbocycles. The molecular formula is C16H19F2NO3. The molecule has 0 radical (unpaired) electrons. The molecule has 0 aliphatic heterocycles. The maximum atomic E-state index is 13.7. The molecule has 0 bridgehead atoms. The predicted molar refractivity (Wildman–Crippen MR) is 76.2 cm³/mol. The molecule has 2 unspecified atom stereocenters. The van der Waals surface area contributed by atoms with Crippen molar-refractivity contribution in [2.45, 2.75) is 38.6 Å². The third-order valence-corrected chi connectivity index (χ3v) is 3.83. The maximum absolute atomic E-state index is 13.7. The first-order valence-corrected chi connectivity index (χ1v) is 7.28. The summed E-state index contributed by atoms with van der Waals surface area (Å²) in [6, 6.07) is 2.93. The van der Waals surface area contributed by atoms with Gasteiger partial charge in [-0.1, -0.05) is 26.0 Å². The molecule has 0 heterocycles. The standard InChI is InChI=1S/C16H19F2NO3/c1-8(2)6-13(16(21)22)19-15(20)11-7-10(11)9-4-3-5-12(17)14(9)18/h3-5,8,10-11,13H,6-7H2,1-2H3,(H,19,20)(H,21,22)/t10?,11?,13-/m1/s1. The van der Waals surface area contributed by atoms with Gasteiger partial charge in [0.05, 0.1) is 0 Å². The lowest BCUT2D eigenvalue weighted by Crippen LogP contribution is -2.42. The summed E-state index contributed by atoms with van der Waals surface area (Å²) in [5.41, 5.74) is 0.177. The van der Waals surface area contributed by atoms with E-state index in [-0.39, 0.29) is 17.4 Å². The van der Waals surface area contributed by atoms with E-state index in [1.807, 2.05) is 13.8 Å². The van der Waals surface area contributed by atoms with Gasteiger partial charge in [0, 0.05) is 5.92 Å². The first kappa shape index (κ1) is 16.4. The van der Waals surface area contributed by atoms with E-state index < -0.39 is 35.5 Å². The van der Waals surface area contributed by atoms with Gasteiger partial charge in [0.2, 0.25) is 5.91 Å². The van der Waals surface area contributed by atoms with Gasteiger partial charge in [0.15, 0.2) is 11.6 Å². The summed E-state index contributed by atoms with van der Waals surface area (Å²) < 4.78 is 26.9. The molecule has 6 heteroatoms. The minimum Gasteiger partial charge on any atom is -0.480 e. The summed E-state index contributed by atoms with van der Waals surface area (Å²) >= 11 is 0. The third kappa shape index (κ3) is 3.61. The van der Waals surface area contributed by atoms with Gasteiger partial charge in [-0.15, -0.1) is 0 Å². The third-order valence-electron chi connectivity index (χ3n) is 3.83. The largest absolute Gasteiger partial charge is 0.480 e. The number of carbonyl (C=O) groups excluding carboxylic acids is 1. The Labute approximate surface area is 127 Å². The molecule has 0 aromatic heterocycles. The number of hydrogen-bond donors (Lipinski definition) is 2. The van der Waals surface area contributed by atoms with Crippen molar-refractivity contribution in [2.24, 2.45) is 11.8 Å². The number of carboxylic acid groups (broad SMARTS) is 1. The maximum Gasteiger partial charge on any atom is 0.326 e. The normalized spacial score (nSPS) is 21.5. The van der Waals surface area contributed by atoms with Crippen LogP contribution in [0.2, 0.25) is 0 Å². The van der Waals surface area contributed by atoms with E-state index in [2.05, 4.69) is 5.32 Å². The van der Waals surface area contributed by atoms with Gasteiger partial charge < -0.3 is 10.4 Å². The van der Waals surface area contributed by atoms with Crippen LogP contribution in [0.15, 0.2) is 18.2 Å². The van der Waals surface area contributed by atoms with Gasteiger partial charge in [-0.2, -0.15) is 0 Å². The van der Waals surface area contributed by atoms with Crippen LogP contribution in [-0.2, 0) is 9.59 Å². The summed E-state index contributed by atoms with van der Waals surface area (Å²) in [6.07, 6.45) is 0.729. The molecular weight excluding hydrogens is 292 g/mol. The number of aliphatic carboxylic acids is 1. The zero-order valence-corrected chi connectivity index (χ0v) is 12.5. The molecule has 22 heavy (non-hydrogen) atoms. The Bertz CT molecular complexity index is 589. The molecule has 3 atom stereocenters. The quantitative estimate of drug-likeness (QED) is 0.849. The topological polar surface area (TPSA) is 66.4 Å². The van der Waals surface area contributed by atoms with E-state index in [4.69, 9.17) is 5.11 Å². The smallest absolute Gasteiger partial charge is 0.326 e. The highest BCUT2D eigenvalue weighted by Crippen LogP contribution is 2.48. The Hall–Kier alpha value is -1.98. The van der Waals surface area contributed by atoms with Crippen LogP contribution in [0, 0.1) is 23.5 Å². The first-order valence-electron chi connectivity index (χ1n) is 7.28. The highest BCUT2D eigenvalue weighted by atomic mass is 19.2. The molecule has 1 aliphatic rings. The number of carboxylic acids is 1. The Morgan fingerprint density at radius 1 is 1.36 bits per heavy atom. The Morgan fingerprint density at radius 3 is 2.64 bits per heavy atom. The van der Waals surface area contributed by atoms with Gasteiger partial charge in [-0.3, -0.25) is 4.79 Å². The van der Waals surface area contributed by atoms with Crippen LogP contribution in [0.1, 0.15) is 38.2 Å². The second kappa shape index (κ2) is 6.42. The highest BCUT2D eigenvalue weighted by molar-refractivity contribution is 5.87. The SMILES string of the molecule is CC(C)C[C@@H](NC(=O)C1CC1c1cccc(F)c1F)C(=O)O. The van der Waals surface area contributed by atoms with E-state index in [0.29, 0.717) is 12.8 Å². The predicted octanol–water partition coefficient (Wildman–Crippen LogP) is 2.68. The van der Waals surface area contributed by atoms with Crippen LogP contribution in [0.25, 0.3) is 0 Å². The lowest BCUT2D eigenvalue weighted by Gasteiger charge is -2.16. The molecule has 0 saturated heterocycles. The fraction of sp³-hybridized carbons (Fsp3) is 0.500. The monoisotopic (exact) mass is 311 g/mol. The Balaban J connectivity index is 2.01. The van der Waals surface area contributed by atoms with Crippen molar-refractivity contribution in [3.63, 3.8) is 0 Å². The Kier molecular flexibility index (Phi) is 4.78. The van der Waals surface area contributed by atoms with Crippen molar-refractivity contribution >= 4 is 11.9 Å². The fourth-order valence-corrected chi connectivity index (χ4v) is 2.61. The van der Waals surface area contributed by atoms with Crippen molar-refractivity contribution in [3.8, 4) is 0 Å². The lowest BCUT2D eigenvalue weighted by atomic mass is 10.0. The zero-order chi connectivity index (χ0) is 16.4. The number of carbonyl (C=O) groups is 2. The lowest BCUT2D eigenvalue weighted by molar-refractivity contribution is -0.142. The molecule has 1 aromatic rings. The number of benzene rings is 1. The van der Waals surface area contributed by atoms with Crippen LogP contribution in [0.5, 0.6) is 0 Å². The summed E-state index contributed by atoms with van der Waals surface area (Å²) in [7, 11) is 0. The van der Waals surface area contributed by atoms with Crippen molar-refractivity contribution in [2.75, 3.05) is 0 Å². The molecule has 1 aliphatic carbocycles. The first-order chi connectivity index (χ1) is 10.3. The van der Waals surface area contributed by atoms with Crippen LogP contribution >= 0.6 is 0 Å². The number of halogens is 2. The molecule has 4 nitrogen and oxygen atoms in total. The van der Waals surface area contributed by atoms with Gasteiger partial charge in [0.25, 0.3) is 0 Å². The Morgan fingerprint density at radius 2 is 2.05 bits per heavy atom. The van der Waals surface area contributed by atoms with Gasteiger partial charge in [0.1, 0.15) is 6.04 Å². The van der Waals surface area contributed by atoms with Crippen LogP contribution in [0.3, 0.4) is 0 Å². The summed E-state index contributed by atoms with van der Waals surface area (Å²) in [5.74, 6) is -4.13.